The molecule has 4 bridgehead atoms. The van der Waals surface area contributed by atoms with Gasteiger partial charge in [0.15, 0.2) is 0 Å². The first-order valence-corrected chi connectivity index (χ1v) is 6.20. The second-order valence-corrected chi connectivity index (χ2v) is 5.46. The summed E-state index contributed by atoms with van der Waals surface area (Å²) >= 11 is 0. The van der Waals surface area contributed by atoms with Crippen LogP contribution in [0.2, 0.25) is 0 Å². The molecule has 2 fully saturated rings. The molecule has 82 valence electrons. The molecule has 0 aromatic heterocycles. The lowest BCUT2D eigenvalue weighted by molar-refractivity contribution is -0.138. The van der Waals surface area contributed by atoms with Crippen LogP contribution < -0.4 is 0 Å². The average Bonchev–Trinajstić information content (AvgIpc) is 2.47. The SMILES string of the molecule is O=C1[C@@H]2C[C@H]3C[C@H](CN1C3)c1ccccc12. The lowest BCUT2D eigenvalue weighted by Gasteiger charge is -2.41. The molecule has 0 saturated carbocycles. The van der Waals surface area contributed by atoms with Crippen LogP contribution in [-0.2, 0) is 4.79 Å². The molecule has 2 saturated heterocycles. The van der Waals surface area contributed by atoms with E-state index in [2.05, 4.69) is 29.2 Å². The molecule has 0 N–H and O–H groups in total. The van der Waals surface area contributed by atoms with Crippen LogP contribution in [0, 0.1) is 5.92 Å². The molecule has 0 spiro atoms. The first-order chi connectivity index (χ1) is 7.83. The number of hydrogen-bond donors (Lipinski definition) is 0. The highest BCUT2D eigenvalue weighted by atomic mass is 16.2. The number of benzene rings is 1. The van der Waals surface area contributed by atoms with Crippen molar-refractivity contribution >= 4 is 5.91 Å². The predicted octanol–water partition coefficient (Wildman–Crippen LogP) is 2.12. The second kappa shape index (κ2) is 2.88. The smallest absolute Gasteiger partial charge is 0.230 e. The Hall–Kier alpha value is -1.31. The Morgan fingerprint density at radius 2 is 1.88 bits per heavy atom. The summed E-state index contributed by atoms with van der Waals surface area (Å²) in [5.41, 5.74) is 2.77. The Bertz CT molecular complexity index is 468. The van der Waals surface area contributed by atoms with E-state index >= 15 is 0 Å². The number of carbonyl (C=O) groups is 1. The third-order valence-electron chi connectivity index (χ3n) is 4.53. The highest BCUT2D eigenvalue weighted by Crippen LogP contribution is 2.47. The molecule has 16 heavy (non-hydrogen) atoms. The molecule has 5 rings (SSSR count). The van der Waals surface area contributed by atoms with E-state index in [0.29, 0.717) is 11.8 Å². The topological polar surface area (TPSA) is 20.3 Å². The van der Waals surface area contributed by atoms with Gasteiger partial charge in [0.1, 0.15) is 0 Å². The molecule has 0 unspecified atom stereocenters. The van der Waals surface area contributed by atoms with Gasteiger partial charge in [0.25, 0.3) is 0 Å². The molecule has 3 aliphatic heterocycles. The van der Waals surface area contributed by atoms with Gasteiger partial charge in [0, 0.05) is 19.0 Å². The number of rotatable bonds is 0. The van der Waals surface area contributed by atoms with E-state index in [9.17, 15) is 4.79 Å². The molecule has 1 aromatic carbocycles. The zero-order valence-corrected chi connectivity index (χ0v) is 9.23. The number of carbonyl (C=O) groups excluding carboxylic acids is 1. The van der Waals surface area contributed by atoms with Crippen molar-refractivity contribution in [2.75, 3.05) is 13.1 Å². The van der Waals surface area contributed by atoms with Gasteiger partial charge in [-0.15, -0.1) is 0 Å². The van der Waals surface area contributed by atoms with Crippen molar-refractivity contribution < 1.29 is 4.79 Å². The van der Waals surface area contributed by atoms with Crippen LogP contribution in [-0.4, -0.2) is 23.9 Å². The molecule has 1 amide bonds. The number of nitrogens with zero attached hydrogens (tertiary/aromatic N) is 1. The number of piperidine rings is 2. The third-order valence-corrected chi connectivity index (χ3v) is 4.53. The summed E-state index contributed by atoms with van der Waals surface area (Å²) in [6, 6.07) is 8.60. The summed E-state index contributed by atoms with van der Waals surface area (Å²) in [5, 5.41) is 0. The molecule has 1 aliphatic carbocycles. The lowest BCUT2D eigenvalue weighted by atomic mass is 9.82. The Labute approximate surface area is 95.3 Å². The van der Waals surface area contributed by atoms with Gasteiger partial charge < -0.3 is 4.90 Å². The van der Waals surface area contributed by atoms with Crippen molar-refractivity contribution in [3.63, 3.8) is 0 Å². The third kappa shape index (κ3) is 0.998. The van der Waals surface area contributed by atoms with Gasteiger partial charge in [-0.05, 0) is 29.9 Å². The minimum atomic E-state index is 0.169. The Morgan fingerprint density at radius 1 is 1.06 bits per heavy atom. The van der Waals surface area contributed by atoms with Crippen LogP contribution >= 0.6 is 0 Å². The monoisotopic (exact) mass is 213 g/mol. The van der Waals surface area contributed by atoms with Crippen molar-refractivity contribution in [1.82, 2.24) is 4.90 Å². The maximum Gasteiger partial charge on any atom is 0.230 e. The van der Waals surface area contributed by atoms with Gasteiger partial charge in [-0.25, -0.2) is 0 Å². The maximum absolute atomic E-state index is 12.3. The summed E-state index contributed by atoms with van der Waals surface area (Å²) in [6.07, 6.45) is 2.38. The molecule has 4 aliphatic rings. The fourth-order valence-corrected chi connectivity index (χ4v) is 3.89. The van der Waals surface area contributed by atoms with Crippen molar-refractivity contribution in [3.8, 4) is 0 Å². The molecular weight excluding hydrogens is 198 g/mol. The minimum Gasteiger partial charge on any atom is -0.341 e. The summed E-state index contributed by atoms with van der Waals surface area (Å²) in [5.74, 6) is 1.90. The van der Waals surface area contributed by atoms with E-state index in [1.54, 1.807) is 0 Å². The van der Waals surface area contributed by atoms with Crippen LogP contribution in [0.25, 0.3) is 0 Å². The van der Waals surface area contributed by atoms with E-state index in [4.69, 9.17) is 0 Å². The quantitative estimate of drug-likeness (QED) is 0.646. The highest BCUT2D eigenvalue weighted by Gasteiger charge is 2.45. The normalized spacial score (nSPS) is 35.1. The number of amides is 1. The zero-order valence-electron chi connectivity index (χ0n) is 9.23. The van der Waals surface area contributed by atoms with Crippen LogP contribution in [0.3, 0.4) is 0 Å². The average molecular weight is 213 g/mol. The van der Waals surface area contributed by atoms with Gasteiger partial charge in [-0.3, -0.25) is 4.79 Å². The minimum absolute atomic E-state index is 0.169. The summed E-state index contributed by atoms with van der Waals surface area (Å²) in [6.45, 7) is 1.97. The van der Waals surface area contributed by atoms with Crippen LogP contribution in [0.4, 0.5) is 0 Å². The standard InChI is InChI=1S/C14H15NO/c16-14-13-6-9-5-10(8-15(14)7-9)11-3-1-2-4-12(11)13/h1-4,9-10,13H,5-8H2/t9-,10-,13-/m1/s1. The molecule has 0 radical (unpaired) electrons. The van der Waals surface area contributed by atoms with Gasteiger partial charge in [0.2, 0.25) is 5.91 Å². The van der Waals surface area contributed by atoms with E-state index in [1.807, 2.05) is 0 Å². The fraction of sp³-hybridized carbons (Fsp3) is 0.500. The molecule has 1 aromatic rings. The molecule has 3 heterocycles. The van der Waals surface area contributed by atoms with Crippen molar-refractivity contribution in [1.29, 1.82) is 0 Å². The Morgan fingerprint density at radius 3 is 2.75 bits per heavy atom. The first kappa shape index (κ1) is 8.80. The predicted molar refractivity (Wildman–Crippen MR) is 61.2 cm³/mol. The van der Waals surface area contributed by atoms with Crippen LogP contribution in [0.15, 0.2) is 24.3 Å². The molecule has 2 nitrogen and oxygen atoms in total. The van der Waals surface area contributed by atoms with Gasteiger partial charge in [-0.2, -0.15) is 0 Å². The van der Waals surface area contributed by atoms with Crippen molar-refractivity contribution in [3.05, 3.63) is 35.4 Å². The summed E-state index contributed by atoms with van der Waals surface area (Å²) in [4.78, 5) is 14.4. The molecule has 3 atom stereocenters. The second-order valence-electron chi connectivity index (χ2n) is 5.46. The first-order valence-electron chi connectivity index (χ1n) is 6.20. The van der Waals surface area contributed by atoms with E-state index in [0.717, 1.165) is 25.4 Å². The summed E-state index contributed by atoms with van der Waals surface area (Å²) < 4.78 is 0. The fourth-order valence-electron chi connectivity index (χ4n) is 3.89. The van der Waals surface area contributed by atoms with Gasteiger partial charge >= 0.3 is 0 Å². The maximum atomic E-state index is 12.3. The molecule has 2 heteroatoms. The lowest BCUT2D eigenvalue weighted by Crippen LogP contribution is -2.47. The summed E-state index contributed by atoms with van der Waals surface area (Å²) in [7, 11) is 0. The number of hydrogen-bond acceptors (Lipinski definition) is 1. The van der Waals surface area contributed by atoms with Crippen LogP contribution in [0.1, 0.15) is 35.8 Å². The Kier molecular flexibility index (Phi) is 1.58. The molecular formula is C14H15NO. The van der Waals surface area contributed by atoms with E-state index in [1.165, 1.54) is 17.5 Å². The van der Waals surface area contributed by atoms with E-state index in [-0.39, 0.29) is 5.92 Å². The van der Waals surface area contributed by atoms with Gasteiger partial charge in [-0.1, -0.05) is 24.3 Å². The van der Waals surface area contributed by atoms with E-state index < -0.39 is 0 Å². The van der Waals surface area contributed by atoms with Crippen molar-refractivity contribution in [2.24, 2.45) is 5.92 Å². The van der Waals surface area contributed by atoms with Crippen molar-refractivity contribution in [2.45, 2.75) is 24.7 Å². The Balaban J connectivity index is 1.96. The zero-order chi connectivity index (χ0) is 10.7. The largest absolute Gasteiger partial charge is 0.341 e. The highest BCUT2D eigenvalue weighted by molar-refractivity contribution is 5.86. The van der Waals surface area contributed by atoms with Crippen LogP contribution in [0.5, 0.6) is 0 Å². The van der Waals surface area contributed by atoms with Gasteiger partial charge in [0.05, 0.1) is 5.92 Å².